The number of nitrogens with one attached hydrogen (secondary N) is 1. The first-order valence-electron chi connectivity index (χ1n) is 6.63. The van der Waals surface area contributed by atoms with E-state index in [2.05, 4.69) is 61.6 Å². The van der Waals surface area contributed by atoms with Gasteiger partial charge < -0.3 is 10.2 Å². The third kappa shape index (κ3) is 5.78. The molecule has 1 aromatic carbocycles. The second-order valence-electron chi connectivity index (χ2n) is 4.90. The smallest absolute Gasteiger partial charge is 0.0340 e. The van der Waals surface area contributed by atoms with Crippen LogP contribution in [0.25, 0.3) is 0 Å². The monoisotopic (exact) mass is 266 g/mol. The van der Waals surface area contributed by atoms with Crippen LogP contribution in [0, 0.1) is 6.92 Å². The molecule has 0 aliphatic carbocycles. The molecule has 1 atom stereocenters. The Balaban J connectivity index is 2.22. The van der Waals surface area contributed by atoms with Gasteiger partial charge in [-0.25, -0.2) is 0 Å². The molecule has 18 heavy (non-hydrogen) atoms. The normalized spacial score (nSPS) is 12.7. The van der Waals surface area contributed by atoms with Crippen molar-refractivity contribution in [1.29, 1.82) is 0 Å². The molecule has 0 aliphatic rings. The second kappa shape index (κ2) is 8.44. The van der Waals surface area contributed by atoms with E-state index >= 15 is 0 Å². The fraction of sp³-hybridized carbons (Fsp3) is 0.600. The molecule has 102 valence electrons. The Morgan fingerprint density at radius 2 is 1.94 bits per heavy atom. The van der Waals surface area contributed by atoms with E-state index in [-0.39, 0.29) is 0 Å². The summed E-state index contributed by atoms with van der Waals surface area (Å²) in [5, 5.41) is 3.47. The molecule has 1 rings (SSSR count). The van der Waals surface area contributed by atoms with Gasteiger partial charge in [-0.3, -0.25) is 0 Å². The van der Waals surface area contributed by atoms with E-state index in [1.54, 1.807) is 0 Å². The predicted molar refractivity (Wildman–Crippen MR) is 84.8 cm³/mol. The van der Waals surface area contributed by atoms with Crippen LogP contribution < -0.4 is 5.32 Å². The Labute approximate surface area is 116 Å². The van der Waals surface area contributed by atoms with Crippen molar-refractivity contribution in [2.45, 2.75) is 26.3 Å². The van der Waals surface area contributed by atoms with Crippen molar-refractivity contribution in [3.05, 3.63) is 29.8 Å². The molecule has 0 spiro atoms. The number of thioether (sulfide) groups is 1. The number of benzene rings is 1. The lowest BCUT2D eigenvalue weighted by Crippen LogP contribution is -2.33. The molecule has 3 heteroatoms. The maximum atomic E-state index is 3.47. The fourth-order valence-electron chi connectivity index (χ4n) is 1.78. The van der Waals surface area contributed by atoms with Crippen LogP contribution >= 0.6 is 11.8 Å². The molecular weight excluding hydrogens is 240 g/mol. The van der Waals surface area contributed by atoms with Crippen LogP contribution in [0.3, 0.4) is 0 Å². The highest BCUT2D eigenvalue weighted by Crippen LogP contribution is 2.09. The molecule has 0 heterocycles. The first-order valence-corrected chi connectivity index (χ1v) is 8.02. The Morgan fingerprint density at radius 1 is 1.28 bits per heavy atom. The number of rotatable bonds is 8. The lowest BCUT2D eigenvalue weighted by molar-refractivity contribution is 0.262. The van der Waals surface area contributed by atoms with Gasteiger partial charge in [0.1, 0.15) is 0 Å². The summed E-state index contributed by atoms with van der Waals surface area (Å²) >= 11 is 1.93. The summed E-state index contributed by atoms with van der Waals surface area (Å²) in [5.41, 5.74) is 2.52. The van der Waals surface area contributed by atoms with Gasteiger partial charge in [-0.1, -0.05) is 17.7 Å². The van der Waals surface area contributed by atoms with Crippen LogP contribution in [-0.2, 0) is 0 Å². The van der Waals surface area contributed by atoms with Crippen LogP contribution in [0.5, 0.6) is 0 Å². The number of hydrogen-bond donors (Lipinski definition) is 1. The lowest BCUT2D eigenvalue weighted by atomic mass is 10.2. The maximum Gasteiger partial charge on any atom is 0.0340 e. The van der Waals surface area contributed by atoms with Crippen molar-refractivity contribution in [2.75, 3.05) is 37.5 Å². The minimum atomic E-state index is 0.664. The van der Waals surface area contributed by atoms with Gasteiger partial charge >= 0.3 is 0 Å². The minimum absolute atomic E-state index is 0.664. The van der Waals surface area contributed by atoms with Gasteiger partial charge in [-0.05, 0) is 51.5 Å². The zero-order valence-electron chi connectivity index (χ0n) is 12.1. The van der Waals surface area contributed by atoms with E-state index in [1.807, 2.05) is 11.8 Å². The summed E-state index contributed by atoms with van der Waals surface area (Å²) < 4.78 is 0. The average Bonchev–Trinajstić information content (AvgIpc) is 2.38. The van der Waals surface area contributed by atoms with Gasteiger partial charge in [0.15, 0.2) is 0 Å². The zero-order valence-corrected chi connectivity index (χ0v) is 12.9. The van der Waals surface area contributed by atoms with E-state index in [0.717, 1.165) is 13.1 Å². The first kappa shape index (κ1) is 15.4. The third-order valence-electron chi connectivity index (χ3n) is 3.34. The predicted octanol–water partition coefficient (Wildman–Crippen LogP) is 3.48. The summed E-state index contributed by atoms with van der Waals surface area (Å²) in [6, 6.07) is 9.25. The van der Waals surface area contributed by atoms with Crippen molar-refractivity contribution >= 4 is 17.4 Å². The molecule has 0 radical (unpaired) electrons. The van der Waals surface area contributed by atoms with Crippen LogP contribution in [0.15, 0.2) is 24.3 Å². The maximum absolute atomic E-state index is 3.47. The molecule has 0 fully saturated rings. The Bertz CT molecular complexity index is 324. The van der Waals surface area contributed by atoms with Crippen molar-refractivity contribution in [1.82, 2.24) is 4.90 Å². The molecule has 0 saturated carbocycles. The van der Waals surface area contributed by atoms with E-state index in [4.69, 9.17) is 0 Å². The SMILES string of the molecule is CSCCC(C)N(C)CCNc1ccc(C)cc1. The fourth-order valence-corrected chi connectivity index (χ4v) is 2.35. The molecule has 1 aromatic rings. The van der Waals surface area contributed by atoms with Crippen molar-refractivity contribution in [3.8, 4) is 0 Å². The largest absolute Gasteiger partial charge is 0.384 e. The average molecular weight is 266 g/mol. The molecule has 1 N–H and O–H groups in total. The summed E-state index contributed by atoms with van der Waals surface area (Å²) in [4.78, 5) is 2.43. The Kier molecular flexibility index (Phi) is 7.21. The topological polar surface area (TPSA) is 15.3 Å². The van der Waals surface area contributed by atoms with Crippen molar-refractivity contribution in [2.24, 2.45) is 0 Å². The second-order valence-corrected chi connectivity index (χ2v) is 5.89. The van der Waals surface area contributed by atoms with Crippen LogP contribution in [-0.4, -0.2) is 43.1 Å². The van der Waals surface area contributed by atoms with E-state index in [0.29, 0.717) is 6.04 Å². The van der Waals surface area contributed by atoms with Gasteiger partial charge in [0, 0.05) is 24.8 Å². The van der Waals surface area contributed by atoms with Gasteiger partial charge in [0.2, 0.25) is 0 Å². The number of aryl methyl sites for hydroxylation is 1. The third-order valence-corrected chi connectivity index (χ3v) is 3.98. The molecule has 0 bridgehead atoms. The molecule has 0 aromatic heterocycles. The number of likely N-dealkylation sites (N-methyl/N-ethyl adjacent to an activating group) is 1. The highest BCUT2D eigenvalue weighted by molar-refractivity contribution is 7.98. The highest BCUT2D eigenvalue weighted by Gasteiger charge is 2.07. The van der Waals surface area contributed by atoms with Crippen LogP contribution in [0.2, 0.25) is 0 Å². The quantitative estimate of drug-likeness (QED) is 0.775. The number of hydrogen-bond acceptors (Lipinski definition) is 3. The van der Waals surface area contributed by atoms with Gasteiger partial charge in [-0.2, -0.15) is 11.8 Å². The molecule has 0 aliphatic heterocycles. The molecule has 0 saturated heterocycles. The van der Waals surface area contributed by atoms with Crippen LogP contribution in [0.1, 0.15) is 18.9 Å². The highest BCUT2D eigenvalue weighted by atomic mass is 32.2. The minimum Gasteiger partial charge on any atom is -0.384 e. The van der Waals surface area contributed by atoms with E-state index in [9.17, 15) is 0 Å². The standard InChI is InChI=1S/C15H26N2S/c1-13-5-7-15(8-6-13)16-10-11-17(3)14(2)9-12-18-4/h5-8,14,16H,9-12H2,1-4H3. The molecular formula is C15H26N2S. The van der Waals surface area contributed by atoms with Gasteiger partial charge in [0.05, 0.1) is 0 Å². The lowest BCUT2D eigenvalue weighted by Gasteiger charge is -2.24. The number of nitrogens with zero attached hydrogens (tertiary/aromatic N) is 1. The molecule has 2 nitrogen and oxygen atoms in total. The molecule has 0 amide bonds. The van der Waals surface area contributed by atoms with Crippen LogP contribution in [0.4, 0.5) is 5.69 Å². The summed E-state index contributed by atoms with van der Waals surface area (Å²) in [6.45, 7) is 6.51. The zero-order chi connectivity index (χ0) is 13.4. The van der Waals surface area contributed by atoms with E-state index in [1.165, 1.54) is 23.4 Å². The Morgan fingerprint density at radius 3 is 2.56 bits per heavy atom. The summed E-state index contributed by atoms with van der Waals surface area (Å²) in [6.07, 6.45) is 3.44. The molecule has 1 unspecified atom stereocenters. The number of anilines is 1. The summed E-state index contributed by atoms with van der Waals surface area (Å²) in [5.74, 6) is 1.25. The first-order chi connectivity index (χ1) is 8.63. The Hall–Kier alpha value is -0.670. The van der Waals surface area contributed by atoms with Crippen molar-refractivity contribution < 1.29 is 0 Å². The van der Waals surface area contributed by atoms with E-state index < -0.39 is 0 Å². The van der Waals surface area contributed by atoms with Gasteiger partial charge in [0.25, 0.3) is 0 Å². The van der Waals surface area contributed by atoms with Crippen molar-refractivity contribution in [3.63, 3.8) is 0 Å². The summed E-state index contributed by atoms with van der Waals surface area (Å²) in [7, 11) is 2.21. The van der Waals surface area contributed by atoms with Gasteiger partial charge in [-0.15, -0.1) is 0 Å².